The zero-order chi connectivity index (χ0) is 25.1. The van der Waals surface area contributed by atoms with E-state index in [0.29, 0.717) is 11.3 Å². The van der Waals surface area contributed by atoms with Crippen LogP contribution < -0.4 is 15.6 Å². The standard InChI is InChI=1S/C21H18Cl3F5N4O/c22-14-5-13(6-15(23)7-14)20(21(27,28)29)3-4-33(11-20)16-2-1-12(17(24)8-16)9-31-32-19(34)30-10-18(25)26/h1-2,5-9,18H,3-4,10-11H2,(H2,30,32,34)/b31-9+. The van der Waals surface area contributed by atoms with Crippen molar-refractivity contribution in [3.63, 3.8) is 0 Å². The van der Waals surface area contributed by atoms with Crippen molar-refractivity contribution >= 4 is 52.7 Å². The van der Waals surface area contributed by atoms with Crippen LogP contribution in [0.5, 0.6) is 0 Å². The summed E-state index contributed by atoms with van der Waals surface area (Å²) in [7, 11) is 0. The van der Waals surface area contributed by atoms with Crippen molar-refractivity contribution < 1.29 is 26.7 Å². The number of hydrazone groups is 1. The quantitative estimate of drug-likeness (QED) is 0.257. The number of amides is 2. The number of carbonyl (C=O) groups excluding carboxylic acids is 1. The van der Waals surface area contributed by atoms with Crippen molar-refractivity contribution in [2.24, 2.45) is 5.10 Å². The molecule has 2 N–H and O–H groups in total. The molecule has 2 aromatic carbocycles. The molecular weight excluding hydrogens is 526 g/mol. The lowest BCUT2D eigenvalue weighted by atomic mass is 9.79. The van der Waals surface area contributed by atoms with E-state index in [2.05, 4.69) is 5.10 Å². The van der Waals surface area contributed by atoms with Gasteiger partial charge in [0.1, 0.15) is 5.41 Å². The van der Waals surface area contributed by atoms with Crippen LogP contribution >= 0.6 is 34.8 Å². The second-order valence-corrected chi connectivity index (χ2v) is 8.87. The number of rotatable bonds is 6. The van der Waals surface area contributed by atoms with Gasteiger partial charge < -0.3 is 10.2 Å². The third kappa shape index (κ3) is 6.03. The summed E-state index contributed by atoms with van der Waals surface area (Å²) in [5, 5.41) is 5.93. The number of halogens is 8. The molecule has 13 heteroatoms. The molecule has 0 spiro atoms. The Hall–Kier alpha value is -2.30. The van der Waals surface area contributed by atoms with Gasteiger partial charge in [-0.05, 0) is 48.4 Å². The maximum Gasteiger partial charge on any atom is 0.400 e. The van der Waals surface area contributed by atoms with Gasteiger partial charge in [0, 0.05) is 34.4 Å². The van der Waals surface area contributed by atoms with E-state index in [0.717, 1.165) is 0 Å². The molecule has 1 fully saturated rings. The van der Waals surface area contributed by atoms with Gasteiger partial charge in [-0.2, -0.15) is 18.3 Å². The molecule has 0 aliphatic carbocycles. The molecule has 2 amide bonds. The van der Waals surface area contributed by atoms with E-state index < -0.39 is 30.6 Å². The van der Waals surface area contributed by atoms with Gasteiger partial charge in [0.2, 0.25) is 0 Å². The van der Waals surface area contributed by atoms with Crippen molar-refractivity contribution in [3.8, 4) is 0 Å². The maximum absolute atomic E-state index is 14.3. The molecule has 3 rings (SSSR count). The topological polar surface area (TPSA) is 56.7 Å². The predicted octanol–water partition coefficient (Wildman–Crippen LogP) is 6.26. The van der Waals surface area contributed by atoms with Gasteiger partial charge in [-0.15, -0.1) is 0 Å². The number of nitrogens with one attached hydrogen (secondary N) is 2. The fourth-order valence-electron chi connectivity index (χ4n) is 3.68. The zero-order valence-electron chi connectivity index (χ0n) is 17.3. The van der Waals surface area contributed by atoms with E-state index in [1.54, 1.807) is 11.0 Å². The van der Waals surface area contributed by atoms with Gasteiger partial charge in [0.05, 0.1) is 17.8 Å². The highest BCUT2D eigenvalue weighted by atomic mass is 35.5. The molecule has 0 bridgehead atoms. The Morgan fingerprint density at radius 3 is 2.41 bits per heavy atom. The summed E-state index contributed by atoms with van der Waals surface area (Å²) in [6, 6.07) is 7.58. The molecule has 34 heavy (non-hydrogen) atoms. The molecule has 0 saturated carbocycles. The van der Waals surface area contributed by atoms with Crippen LogP contribution in [0.3, 0.4) is 0 Å². The lowest BCUT2D eigenvalue weighted by molar-refractivity contribution is -0.184. The third-order valence-corrected chi connectivity index (χ3v) is 6.13. The van der Waals surface area contributed by atoms with E-state index in [1.165, 1.54) is 36.5 Å². The molecule has 184 valence electrons. The summed E-state index contributed by atoms with van der Waals surface area (Å²) in [5.74, 6) is 0. The van der Waals surface area contributed by atoms with Crippen LogP contribution in [-0.4, -0.2) is 44.5 Å². The Bertz CT molecular complexity index is 1060. The molecule has 0 aromatic heterocycles. The number of anilines is 1. The first kappa shape index (κ1) is 26.3. The minimum absolute atomic E-state index is 0.00829. The Labute approximate surface area is 206 Å². The maximum atomic E-state index is 14.3. The molecule has 5 nitrogen and oxygen atoms in total. The van der Waals surface area contributed by atoms with Crippen molar-refractivity contribution in [1.82, 2.24) is 10.7 Å². The summed E-state index contributed by atoms with van der Waals surface area (Å²) in [6.07, 6.45) is -6.27. The molecule has 1 aliphatic heterocycles. The third-order valence-electron chi connectivity index (χ3n) is 5.36. The van der Waals surface area contributed by atoms with Crippen LogP contribution in [0.25, 0.3) is 0 Å². The molecule has 1 unspecified atom stereocenters. The lowest BCUT2D eigenvalue weighted by Gasteiger charge is -2.33. The summed E-state index contributed by atoms with van der Waals surface area (Å²) >= 11 is 18.2. The smallest absolute Gasteiger partial charge is 0.370 e. The van der Waals surface area contributed by atoms with Crippen LogP contribution in [0.1, 0.15) is 17.5 Å². The first-order valence-electron chi connectivity index (χ1n) is 9.84. The van der Waals surface area contributed by atoms with E-state index in [1.807, 2.05) is 10.7 Å². The van der Waals surface area contributed by atoms with Gasteiger partial charge >= 0.3 is 12.2 Å². The van der Waals surface area contributed by atoms with Crippen LogP contribution in [0, 0.1) is 0 Å². The number of nitrogens with zero attached hydrogens (tertiary/aromatic N) is 2. The summed E-state index contributed by atoms with van der Waals surface area (Å²) in [5.41, 5.74) is 0.663. The molecule has 1 saturated heterocycles. The van der Waals surface area contributed by atoms with Gasteiger partial charge in [-0.3, -0.25) is 0 Å². The molecular formula is C21H18Cl3F5N4O. The Balaban J connectivity index is 1.76. The SMILES string of the molecule is O=C(NCC(F)F)N/N=C/c1ccc(N2CCC(c3cc(Cl)cc(Cl)c3)(C(F)(F)F)C2)cc1Cl. The lowest BCUT2D eigenvalue weighted by Crippen LogP contribution is -2.44. The van der Waals surface area contributed by atoms with Gasteiger partial charge in [0.25, 0.3) is 6.43 Å². The van der Waals surface area contributed by atoms with E-state index in [4.69, 9.17) is 34.8 Å². The van der Waals surface area contributed by atoms with Gasteiger partial charge in [0.15, 0.2) is 0 Å². The van der Waals surface area contributed by atoms with E-state index >= 15 is 0 Å². The zero-order valence-corrected chi connectivity index (χ0v) is 19.5. The number of hydrogen-bond donors (Lipinski definition) is 2. The number of urea groups is 1. The fraction of sp³-hybridized carbons (Fsp3) is 0.333. The summed E-state index contributed by atoms with van der Waals surface area (Å²) in [6.45, 7) is -1.07. The molecule has 1 aliphatic rings. The normalized spacial score (nSPS) is 18.7. The van der Waals surface area contributed by atoms with Crippen molar-refractivity contribution in [3.05, 3.63) is 62.6 Å². The Morgan fingerprint density at radius 2 is 1.82 bits per heavy atom. The summed E-state index contributed by atoms with van der Waals surface area (Å²) in [4.78, 5) is 12.9. The summed E-state index contributed by atoms with van der Waals surface area (Å²) < 4.78 is 66.9. The average molecular weight is 544 g/mol. The molecule has 1 atom stereocenters. The second kappa shape index (κ2) is 10.5. The van der Waals surface area contributed by atoms with Gasteiger partial charge in [-0.25, -0.2) is 19.0 Å². The Kier molecular flexibility index (Phi) is 8.15. The van der Waals surface area contributed by atoms with E-state index in [-0.39, 0.29) is 40.1 Å². The monoisotopic (exact) mass is 542 g/mol. The molecule has 0 radical (unpaired) electrons. The number of hydrogen-bond acceptors (Lipinski definition) is 3. The number of benzene rings is 2. The van der Waals surface area contributed by atoms with Crippen LogP contribution in [-0.2, 0) is 5.41 Å². The molecule has 1 heterocycles. The Morgan fingerprint density at radius 1 is 1.15 bits per heavy atom. The van der Waals surface area contributed by atoms with Crippen molar-refractivity contribution in [2.45, 2.75) is 24.4 Å². The number of carbonyl (C=O) groups is 1. The van der Waals surface area contributed by atoms with Crippen LogP contribution in [0.2, 0.25) is 15.1 Å². The van der Waals surface area contributed by atoms with E-state index in [9.17, 15) is 26.7 Å². The highest BCUT2D eigenvalue weighted by molar-refractivity contribution is 6.34. The van der Waals surface area contributed by atoms with Crippen LogP contribution in [0.4, 0.5) is 32.4 Å². The molecule has 2 aromatic rings. The van der Waals surface area contributed by atoms with Crippen LogP contribution in [0.15, 0.2) is 41.5 Å². The second-order valence-electron chi connectivity index (χ2n) is 7.59. The predicted molar refractivity (Wildman–Crippen MR) is 123 cm³/mol. The average Bonchev–Trinajstić information content (AvgIpc) is 3.20. The highest BCUT2D eigenvalue weighted by Crippen LogP contribution is 2.49. The minimum Gasteiger partial charge on any atom is -0.370 e. The highest BCUT2D eigenvalue weighted by Gasteiger charge is 2.59. The largest absolute Gasteiger partial charge is 0.400 e. The fourth-order valence-corrected chi connectivity index (χ4v) is 4.43. The number of alkyl halides is 5. The first-order chi connectivity index (χ1) is 15.9. The first-order valence-corrected chi connectivity index (χ1v) is 11.0. The minimum atomic E-state index is -4.55. The van der Waals surface area contributed by atoms with Crippen molar-refractivity contribution in [2.75, 3.05) is 24.5 Å². The van der Waals surface area contributed by atoms with Gasteiger partial charge in [-0.1, -0.05) is 34.8 Å². The van der Waals surface area contributed by atoms with Crippen molar-refractivity contribution in [1.29, 1.82) is 0 Å².